The molecule has 0 atom stereocenters. The van der Waals surface area contributed by atoms with E-state index in [9.17, 15) is 4.79 Å². The maximum atomic E-state index is 12.1. The molecule has 0 spiro atoms. The van der Waals surface area contributed by atoms with Gasteiger partial charge in [0.2, 0.25) is 0 Å². The number of nitrogens with one attached hydrogen (secondary N) is 2. The minimum absolute atomic E-state index is 0.240. The van der Waals surface area contributed by atoms with Gasteiger partial charge in [0.1, 0.15) is 0 Å². The van der Waals surface area contributed by atoms with Crippen molar-refractivity contribution in [3.8, 4) is 0 Å². The number of nitrogen functional groups attached to an aromatic ring is 1. The fourth-order valence-corrected chi connectivity index (χ4v) is 2.03. The highest BCUT2D eigenvalue weighted by Crippen LogP contribution is 2.21. The number of rotatable bonds is 2. The van der Waals surface area contributed by atoms with Gasteiger partial charge in [0, 0.05) is 16.6 Å². The average Bonchev–Trinajstić information content (AvgIpc) is 2.89. The van der Waals surface area contributed by atoms with Gasteiger partial charge in [-0.15, -0.1) is 0 Å². The Hall–Kier alpha value is -2.53. The molecule has 0 radical (unpaired) electrons. The maximum Gasteiger partial charge on any atom is 0.255 e. The second-order valence-electron chi connectivity index (χ2n) is 4.36. The zero-order chi connectivity index (χ0) is 14.1. The van der Waals surface area contributed by atoms with Gasteiger partial charge in [-0.2, -0.15) is 5.10 Å². The van der Waals surface area contributed by atoms with Crippen LogP contribution in [0.3, 0.4) is 0 Å². The summed E-state index contributed by atoms with van der Waals surface area (Å²) in [6.07, 6.45) is 1.70. The first kappa shape index (κ1) is 12.5. The summed E-state index contributed by atoms with van der Waals surface area (Å²) in [5.74, 6) is -0.240. The average molecular weight is 287 g/mol. The van der Waals surface area contributed by atoms with E-state index in [-0.39, 0.29) is 5.91 Å². The van der Waals surface area contributed by atoms with Crippen molar-refractivity contribution in [3.05, 3.63) is 53.2 Å². The molecule has 0 aliphatic carbocycles. The number of halogens is 1. The topological polar surface area (TPSA) is 83.8 Å². The van der Waals surface area contributed by atoms with Crippen molar-refractivity contribution in [3.63, 3.8) is 0 Å². The number of carbonyl (C=O) groups is 1. The van der Waals surface area contributed by atoms with Crippen LogP contribution < -0.4 is 11.1 Å². The van der Waals surface area contributed by atoms with Crippen LogP contribution in [0.1, 0.15) is 10.4 Å². The summed E-state index contributed by atoms with van der Waals surface area (Å²) < 4.78 is 0. The molecule has 1 heterocycles. The van der Waals surface area contributed by atoms with Crippen molar-refractivity contribution in [2.75, 3.05) is 11.1 Å². The predicted molar refractivity (Wildman–Crippen MR) is 79.9 cm³/mol. The number of H-pyrrole nitrogens is 1. The van der Waals surface area contributed by atoms with E-state index in [2.05, 4.69) is 15.5 Å². The Bertz CT molecular complexity index is 797. The number of nitrogens with zero attached hydrogens (tertiary/aromatic N) is 1. The van der Waals surface area contributed by atoms with E-state index in [1.54, 1.807) is 30.5 Å². The Morgan fingerprint density at radius 1 is 1.25 bits per heavy atom. The quantitative estimate of drug-likeness (QED) is 0.633. The number of carbonyl (C=O) groups excluding carboxylic acids is 1. The summed E-state index contributed by atoms with van der Waals surface area (Å²) in [4.78, 5) is 12.1. The van der Waals surface area contributed by atoms with E-state index in [0.29, 0.717) is 22.0 Å². The first-order valence-corrected chi connectivity index (χ1v) is 6.31. The van der Waals surface area contributed by atoms with Crippen LogP contribution in [0.5, 0.6) is 0 Å². The van der Waals surface area contributed by atoms with Gasteiger partial charge < -0.3 is 11.1 Å². The molecule has 1 amide bonds. The van der Waals surface area contributed by atoms with Crippen molar-refractivity contribution in [1.29, 1.82) is 0 Å². The van der Waals surface area contributed by atoms with E-state index in [1.165, 1.54) is 0 Å². The Labute approximate surface area is 119 Å². The standard InChI is InChI=1S/C14H11ClN4O/c15-11-3-1-8(6-12(11)16)14(20)18-10-2-4-13-9(5-10)7-17-19-13/h1-7H,16H2,(H,17,19)(H,18,20). The largest absolute Gasteiger partial charge is 0.398 e. The Balaban J connectivity index is 1.85. The van der Waals surface area contributed by atoms with Crippen molar-refractivity contribution in [1.82, 2.24) is 10.2 Å². The van der Waals surface area contributed by atoms with Crippen LogP contribution in [-0.4, -0.2) is 16.1 Å². The van der Waals surface area contributed by atoms with Crippen LogP contribution in [0.25, 0.3) is 10.9 Å². The molecular formula is C14H11ClN4O. The zero-order valence-electron chi connectivity index (χ0n) is 10.4. The number of aromatic amines is 1. The molecule has 6 heteroatoms. The fraction of sp³-hybridized carbons (Fsp3) is 0. The van der Waals surface area contributed by atoms with Crippen LogP contribution >= 0.6 is 11.6 Å². The molecule has 0 bridgehead atoms. The van der Waals surface area contributed by atoms with Gasteiger partial charge in [0.05, 0.1) is 22.4 Å². The van der Waals surface area contributed by atoms with Crippen molar-refractivity contribution in [2.45, 2.75) is 0 Å². The maximum absolute atomic E-state index is 12.1. The van der Waals surface area contributed by atoms with Gasteiger partial charge in [-0.05, 0) is 36.4 Å². The summed E-state index contributed by atoms with van der Waals surface area (Å²) in [5, 5.41) is 11.0. The number of amides is 1. The molecule has 5 nitrogen and oxygen atoms in total. The number of fused-ring (bicyclic) bond motifs is 1. The molecule has 0 saturated carbocycles. The lowest BCUT2D eigenvalue weighted by Gasteiger charge is -2.06. The monoisotopic (exact) mass is 286 g/mol. The molecule has 100 valence electrons. The summed E-state index contributed by atoms with van der Waals surface area (Å²) in [7, 11) is 0. The van der Waals surface area contributed by atoms with Gasteiger partial charge in [0.15, 0.2) is 0 Å². The van der Waals surface area contributed by atoms with E-state index >= 15 is 0 Å². The second kappa shape index (κ2) is 4.86. The van der Waals surface area contributed by atoms with E-state index in [4.69, 9.17) is 17.3 Å². The first-order valence-electron chi connectivity index (χ1n) is 5.93. The van der Waals surface area contributed by atoms with Crippen molar-refractivity contribution in [2.24, 2.45) is 0 Å². The molecular weight excluding hydrogens is 276 g/mol. The molecule has 1 aromatic heterocycles. The molecule has 2 aromatic carbocycles. The highest BCUT2D eigenvalue weighted by Gasteiger charge is 2.08. The van der Waals surface area contributed by atoms with E-state index < -0.39 is 0 Å². The third-order valence-electron chi connectivity index (χ3n) is 2.96. The number of aromatic nitrogens is 2. The number of anilines is 2. The molecule has 0 aliphatic rings. The van der Waals surface area contributed by atoms with Crippen LogP contribution in [0, 0.1) is 0 Å². The molecule has 3 rings (SSSR count). The minimum Gasteiger partial charge on any atom is -0.398 e. The highest BCUT2D eigenvalue weighted by molar-refractivity contribution is 6.33. The van der Waals surface area contributed by atoms with Gasteiger partial charge in [-0.1, -0.05) is 11.6 Å². The zero-order valence-corrected chi connectivity index (χ0v) is 11.1. The summed E-state index contributed by atoms with van der Waals surface area (Å²) in [6.45, 7) is 0. The predicted octanol–water partition coefficient (Wildman–Crippen LogP) is 3.05. The molecule has 0 unspecified atom stereocenters. The number of hydrogen-bond donors (Lipinski definition) is 3. The van der Waals surface area contributed by atoms with Gasteiger partial charge >= 0.3 is 0 Å². The van der Waals surface area contributed by atoms with Crippen molar-refractivity contribution < 1.29 is 4.79 Å². The third-order valence-corrected chi connectivity index (χ3v) is 3.30. The van der Waals surface area contributed by atoms with Gasteiger partial charge in [0.25, 0.3) is 5.91 Å². The van der Waals surface area contributed by atoms with E-state index in [1.807, 2.05) is 12.1 Å². The fourth-order valence-electron chi connectivity index (χ4n) is 1.91. The molecule has 0 aliphatic heterocycles. The molecule has 20 heavy (non-hydrogen) atoms. The van der Waals surface area contributed by atoms with Crippen LogP contribution in [0.2, 0.25) is 5.02 Å². The lowest BCUT2D eigenvalue weighted by atomic mass is 10.1. The number of benzene rings is 2. The van der Waals surface area contributed by atoms with Crippen LogP contribution in [-0.2, 0) is 0 Å². The minimum atomic E-state index is -0.240. The lowest BCUT2D eigenvalue weighted by Crippen LogP contribution is -2.12. The molecule has 0 saturated heterocycles. The molecule has 4 N–H and O–H groups in total. The smallest absolute Gasteiger partial charge is 0.255 e. The first-order chi connectivity index (χ1) is 9.63. The molecule has 0 fully saturated rings. The van der Waals surface area contributed by atoms with Crippen molar-refractivity contribution >= 4 is 39.8 Å². The second-order valence-corrected chi connectivity index (χ2v) is 4.77. The number of nitrogens with two attached hydrogens (primary N) is 1. The summed E-state index contributed by atoms with van der Waals surface area (Å²) in [6, 6.07) is 10.3. The normalized spacial score (nSPS) is 10.7. The van der Waals surface area contributed by atoms with Crippen LogP contribution in [0.4, 0.5) is 11.4 Å². The summed E-state index contributed by atoms with van der Waals surface area (Å²) in [5.41, 5.74) is 8.13. The lowest BCUT2D eigenvalue weighted by molar-refractivity contribution is 0.102. The molecule has 3 aromatic rings. The van der Waals surface area contributed by atoms with Gasteiger partial charge in [-0.25, -0.2) is 0 Å². The summed E-state index contributed by atoms with van der Waals surface area (Å²) >= 11 is 5.83. The van der Waals surface area contributed by atoms with E-state index in [0.717, 1.165) is 10.9 Å². The Morgan fingerprint density at radius 2 is 2.10 bits per heavy atom. The van der Waals surface area contributed by atoms with Gasteiger partial charge in [-0.3, -0.25) is 9.89 Å². The number of hydrogen-bond acceptors (Lipinski definition) is 3. The highest BCUT2D eigenvalue weighted by atomic mass is 35.5. The third kappa shape index (κ3) is 2.31. The Kier molecular flexibility index (Phi) is 3.04. The Morgan fingerprint density at radius 3 is 2.90 bits per heavy atom. The van der Waals surface area contributed by atoms with Crippen LogP contribution in [0.15, 0.2) is 42.6 Å². The SMILES string of the molecule is Nc1cc(C(=O)Nc2ccc3[nH]ncc3c2)ccc1Cl.